The van der Waals surface area contributed by atoms with Gasteiger partial charge in [-0.15, -0.1) is 0 Å². The Morgan fingerprint density at radius 2 is 1.96 bits per heavy atom. The van der Waals surface area contributed by atoms with Gasteiger partial charge in [0.15, 0.2) is 0 Å². The molecule has 24 heavy (non-hydrogen) atoms. The fourth-order valence-corrected chi connectivity index (χ4v) is 4.87. The van der Waals surface area contributed by atoms with E-state index in [1.807, 2.05) is 4.57 Å². The molecule has 9 heteroatoms. The van der Waals surface area contributed by atoms with Crippen LogP contribution in [0.2, 0.25) is 0 Å². The van der Waals surface area contributed by atoms with Crippen molar-refractivity contribution in [3.63, 3.8) is 0 Å². The van der Waals surface area contributed by atoms with Gasteiger partial charge in [-0.1, -0.05) is 0 Å². The van der Waals surface area contributed by atoms with Crippen LogP contribution in [0.4, 0.5) is 5.95 Å². The number of fused-ring (bicyclic) bond motifs is 2. The standard InChI is InChI=1S/C15H16N4O4S/c1-23-11-2-4-12(5-3-11)24(21,22)18-9-15(10-18)8-13(20)17-14-16-6-7-19(14)15/h2-7H,8-10H2,1H3,(H,16,17,20). The number of anilines is 1. The van der Waals surface area contributed by atoms with Gasteiger partial charge >= 0.3 is 0 Å². The Hall–Kier alpha value is -2.39. The fourth-order valence-electron chi connectivity index (χ4n) is 3.27. The van der Waals surface area contributed by atoms with Crippen LogP contribution in [0.25, 0.3) is 0 Å². The highest BCUT2D eigenvalue weighted by Gasteiger charge is 2.53. The summed E-state index contributed by atoms with van der Waals surface area (Å²) in [6, 6.07) is 6.28. The first-order valence-electron chi connectivity index (χ1n) is 7.43. The third kappa shape index (κ3) is 2.12. The Morgan fingerprint density at radius 3 is 2.62 bits per heavy atom. The lowest BCUT2D eigenvalue weighted by Crippen LogP contribution is -2.66. The van der Waals surface area contributed by atoms with E-state index < -0.39 is 15.6 Å². The maximum atomic E-state index is 12.7. The van der Waals surface area contributed by atoms with E-state index in [2.05, 4.69) is 10.3 Å². The number of nitrogens with zero attached hydrogens (tertiary/aromatic N) is 3. The second kappa shape index (κ2) is 5.05. The molecule has 0 aliphatic carbocycles. The molecular formula is C15H16N4O4S. The predicted molar refractivity (Wildman–Crippen MR) is 85.2 cm³/mol. The lowest BCUT2D eigenvalue weighted by atomic mass is 9.86. The number of rotatable bonds is 3. The number of methoxy groups -OCH3 is 1. The van der Waals surface area contributed by atoms with E-state index in [0.29, 0.717) is 11.7 Å². The number of hydrogen-bond acceptors (Lipinski definition) is 5. The monoisotopic (exact) mass is 348 g/mol. The molecule has 4 rings (SSSR count). The van der Waals surface area contributed by atoms with Crippen LogP contribution in [0.3, 0.4) is 0 Å². The minimum Gasteiger partial charge on any atom is -0.497 e. The Bertz CT molecular complexity index is 898. The van der Waals surface area contributed by atoms with Gasteiger partial charge in [-0.05, 0) is 24.3 Å². The SMILES string of the molecule is COc1ccc(S(=O)(=O)N2CC3(CC(=O)Nc4nccn43)C2)cc1. The van der Waals surface area contributed by atoms with Crippen molar-refractivity contribution in [3.8, 4) is 5.75 Å². The van der Waals surface area contributed by atoms with Gasteiger partial charge in [0.1, 0.15) is 5.75 Å². The van der Waals surface area contributed by atoms with E-state index in [9.17, 15) is 13.2 Å². The Labute approximate surface area is 139 Å². The maximum absolute atomic E-state index is 12.7. The van der Waals surface area contributed by atoms with Gasteiger partial charge in [-0.25, -0.2) is 13.4 Å². The largest absolute Gasteiger partial charge is 0.497 e. The molecule has 1 spiro atoms. The van der Waals surface area contributed by atoms with Crippen LogP contribution in [0.1, 0.15) is 6.42 Å². The number of ether oxygens (including phenoxy) is 1. The fraction of sp³-hybridized carbons (Fsp3) is 0.333. The van der Waals surface area contributed by atoms with Crippen LogP contribution in [0, 0.1) is 0 Å². The molecule has 0 saturated carbocycles. The third-order valence-corrected chi connectivity index (χ3v) is 6.34. The molecule has 0 unspecified atom stereocenters. The zero-order valence-electron chi connectivity index (χ0n) is 13.0. The van der Waals surface area contributed by atoms with Crippen molar-refractivity contribution in [2.75, 3.05) is 25.5 Å². The summed E-state index contributed by atoms with van der Waals surface area (Å²) in [5.41, 5.74) is -0.548. The average molecular weight is 348 g/mol. The van der Waals surface area contributed by atoms with Crippen molar-refractivity contribution in [1.29, 1.82) is 0 Å². The van der Waals surface area contributed by atoms with E-state index in [-0.39, 0.29) is 30.3 Å². The molecular weight excluding hydrogens is 332 g/mol. The number of carbonyl (C=O) groups excluding carboxylic acids is 1. The number of hydrogen-bond donors (Lipinski definition) is 1. The number of imidazole rings is 1. The molecule has 1 fully saturated rings. The van der Waals surface area contributed by atoms with Crippen molar-refractivity contribution < 1.29 is 17.9 Å². The van der Waals surface area contributed by atoms with Gasteiger partial charge in [0, 0.05) is 25.5 Å². The Morgan fingerprint density at radius 1 is 1.25 bits per heavy atom. The molecule has 2 aromatic rings. The lowest BCUT2D eigenvalue weighted by Gasteiger charge is -2.51. The Kier molecular flexibility index (Phi) is 3.19. The predicted octanol–water partition coefficient (Wildman–Crippen LogP) is 0.634. The molecule has 8 nitrogen and oxygen atoms in total. The minimum absolute atomic E-state index is 0.143. The molecule has 0 atom stereocenters. The van der Waals surface area contributed by atoms with Gasteiger partial charge in [-0.2, -0.15) is 4.31 Å². The van der Waals surface area contributed by atoms with Crippen LogP contribution in [0.5, 0.6) is 5.75 Å². The summed E-state index contributed by atoms with van der Waals surface area (Å²) in [6.45, 7) is 0.496. The van der Waals surface area contributed by atoms with Crippen LogP contribution >= 0.6 is 0 Å². The first-order chi connectivity index (χ1) is 11.4. The highest BCUT2D eigenvalue weighted by atomic mass is 32.2. The second-order valence-corrected chi connectivity index (χ2v) is 7.96. The molecule has 1 aromatic carbocycles. The number of aromatic nitrogens is 2. The van der Waals surface area contributed by atoms with Crippen molar-refractivity contribution >= 4 is 21.9 Å². The summed E-state index contributed by atoms with van der Waals surface area (Å²) in [4.78, 5) is 16.2. The van der Waals surface area contributed by atoms with Gasteiger partial charge in [0.2, 0.25) is 21.9 Å². The first kappa shape index (κ1) is 15.2. The van der Waals surface area contributed by atoms with Crippen LogP contribution in [0.15, 0.2) is 41.6 Å². The first-order valence-corrected chi connectivity index (χ1v) is 8.87. The number of carbonyl (C=O) groups is 1. The average Bonchev–Trinajstić information content (AvgIpc) is 3.00. The normalized spacial score (nSPS) is 19.5. The van der Waals surface area contributed by atoms with E-state index >= 15 is 0 Å². The molecule has 126 valence electrons. The van der Waals surface area contributed by atoms with Crippen molar-refractivity contribution in [2.24, 2.45) is 0 Å². The Balaban J connectivity index is 1.60. The van der Waals surface area contributed by atoms with E-state index in [4.69, 9.17) is 4.74 Å². The summed E-state index contributed by atoms with van der Waals surface area (Å²) in [7, 11) is -2.07. The molecule has 3 heterocycles. The van der Waals surface area contributed by atoms with Gasteiger partial charge < -0.3 is 9.30 Å². The molecule has 0 radical (unpaired) electrons. The van der Waals surface area contributed by atoms with E-state index in [1.54, 1.807) is 24.5 Å². The highest BCUT2D eigenvalue weighted by molar-refractivity contribution is 7.89. The molecule has 1 saturated heterocycles. The number of amides is 1. The van der Waals surface area contributed by atoms with Crippen molar-refractivity contribution in [2.45, 2.75) is 16.9 Å². The van der Waals surface area contributed by atoms with Crippen LogP contribution in [-0.4, -0.2) is 48.4 Å². The number of sulfonamides is 1. The molecule has 1 aromatic heterocycles. The molecule has 0 bridgehead atoms. The zero-order chi connectivity index (χ0) is 16.9. The molecule has 2 aliphatic rings. The summed E-state index contributed by atoms with van der Waals surface area (Å²) in [6.07, 6.45) is 3.61. The maximum Gasteiger partial charge on any atom is 0.243 e. The molecule has 1 N–H and O–H groups in total. The second-order valence-electron chi connectivity index (χ2n) is 6.02. The summed E-state index contributed by atoms with van der Waals surface area (Å²) in [5.74, 6) is 0.920. The summed E-state index contributed by atoms with van der Waals surface area (Å²) >= 11 is 0. The van der Waals surface area contributed by atoms with E-state index in [1.165, 1.54) is 23.5 Å². The zero-order valence-corrected chi connectivity index (χ0v) is 13.8. The van der Waals surface area contributed by atoms with Crippen LogP contribution in [-0.2, 0) is 20.4 Å². The van der Waals surface area contributed by atoms with Gasteiger partial charge in [-0.3, -0.25) is 10.1 Å². The summed E-state index contributed by atoms with van der Waals surface area (Å²) < 4.78 is 33.8. The van der Waals surface area contributed by atoms with Gasteiger partial charge in [0.25, 0.3) is 0 Å². The highest BCUT2D eigenvalue weighted by Crippen LogP contribution is 2.40. The van der Waals surface area contributed by atoms with Crippen LogP contribution < -0.4 is 10.1 Å². The van der Waals surface area contributed by atoms with Crippen molar-refractivity contribution in [3.05, 3.63) is 36.7 Å². The molecule has 1 amide bonds. The smallest absolute Gasteiger partial charge is 0.243 e. The van der Waals surface area contributed by atoms with E-state index in [0.717, 1.165) is 0 Å². The minimum atomic E-state index is -3.59. The topological polar surface area (TPSA) is 93.5 Å². The number of benzene rings is 1. The summed E-state index contributed by atoms with van der Waals surface area (Å²) in [5, 5.41) is 2.69. The third-order valence-electron chi connectivity index (χ3n) is 4.53. The lowest BCUT2D eigenvalue weighted by molar-refractivity contribution is -0.121. The van der Waals surface area contributed by atoms with Gasteiger partial charge in [0.05, 0.1) is 24.0 Å². The molecule has 2 aliphatic heterocycles. The number of nitrogens with one attached hydrogen (secondary N) is 1. The van der Waals surface area contributed by atoms with Crippen molar-refractivity contribution in [1.82, 2.24) is 13.9 Å². The quantitative estimate of drug-likeness (QED) is 0.878.